The minimum absolute atomic E-state index is 0.0929. The second-order valence-electron chi connectivity index (χ2n) is 8.95. The number of benzene rings is 2. The van der Waals surface area contributed by atoms with Gasteiger partial charge in [0.2, 0.25) is 0 Å². The van der Waals surface area contributed by atoms with Crippen LogP contribution in [-0.4, -0.2) is 29.1 Å². The molecule has 156 valence electrons. The Balaban J connectivity index is 1.33. The summed E-state index contributed by atoms with van der Waals surface area (Å²) >= 11 is 0. The second-order valence-corrected chi connectivity index (χ2v) is 8.95. The number of carbonyl (C=O) groups excluding carboxylic acids is 1. The third kappa shape index (κ3) is 3.76. The lowest BCUT2D eigenvalue weighted by atomic mass is 9.93. The van der Waals surface area contributed by atoms with Crippen LogP contribution in [0.4, 0.5) is 9.18 Å². The molecule has 1 aliphatic carbocycles. The zero-order chi connectivity index (χ0) is 20.5. The Morgan fingerprint density at radius 2 is 1.73 bits per heavy atom. The summed E-state index contributed by atoms with van der Waals surface area (Å²) in [6.45, 7) is 0. The molecule has 3 nitrogen and oxygen atoms in total. The first-order valence-corrected chi connectivity index (χ1v) is 11.3. The molecule has 2 bridgehead atoms. The molecule has 5 rings (SSSR count). The van der Waals surface area contributed by atoms with Gasteiger partial charge < -0.3 is 10.2 Å². The number of carbonyl (C=O) groups is 1. The molecule has 1 saturated heterocycles. The zero-order valence-corrected chi connectivity index (χ0v) is 17.3. The molecule has 2 unspecified atom stereocenters. The lowest BCUT2D eigenvalue weighted by molar-refractivity contribution is 0.172. The van der Waals surface area contributed by atoms with Gasteiger partial charge in [0.1, 0.15) is 5.82 Å². The Kier molecular flexibility index (Phi) is 5.32. The van der Waals surface area contributed by atoms with E-state index in [2.05, 4.69) is 11.4 Å². The summed E-state index contributed by atoms with van der Waals surface area (Å²) in [7, 11) is 0. The van der Waals surface area contributed by atoms with Crippen molar-refractivity contribution in [1.82, 2.24) is 10.2 Å². The average molecular weight is 405 g/mol. The van der Waals surface area contributed by atoms with Gasteiger partial charge in [0.15, 0.2) is 0 Å². The summed E-state index contributed by atoms with van der Waals surface area (Å²) in [6, 6.07) is 16.0. The summed E-state index contributed by atoms with van der Waals surface area (Å²) in [5, 5.41) is 3.28. The van der Waals surface area contributed by atoms with E-state index >= 15 is 0 Å². The van der Waals surface area contributed by atoms with Gasteiger partial charge in [-0.3, -0.25) is 0 Å². The monoisotopic (exact) mass is 404 g/mol. The highest BCUT2D eigenvalue weighted by Crippen LogP contribution is 2.39. The van der Waals surface area contributed by atoms with Crippen molar-refractivity contribution < 1.29 is 9.18 Å². The van der Waals surface area contributed by atoms with Crippen LogP contribution in [0.25, 0.3) is 16.7 Å². The third-order valence-electron chi connectivity index (χ3n) is 6.99. The highest BCUT2D eigenvalue weighted by atomic mass is 19.1. The number of urea groups is 1. The van der Waals surface area contributed by atoms with Crippen molar-refractivity contribution in [2.24, 2.45) is 0 Å². The molecular weight excluding hydrogens is 375 g/mol. The number of amides is 2. The third-order valence-corrected chi connectivity index (χ3v) is 6.99. The van der Waals surface area contributed by atoms with E-state index in [1.54, 1.807) is 6.07 Å². The summed E-state index contributed by atoms with van der Waals surface area (Å²) in [4.78, 5) is 15.0. The molecule has 2 fully saturated rings. The van der Waals surface area contributed by atoms with Gasteiger partial charge in [-0.2, -0.15) is 0 Å². The van der Waals surface area contributed by atoms with Crippen LogP contribution in [0.5, 0.6) is 0 Å². The van der Waals surface area contributed by atoms with Crippen LogP contribution in [0.15, 0.2) is 54.6 Å². The van der Waals surface area contributed by atoms with E-state index in [1.165, 1.54) is 24.8 Å². The van der Waals surface area contributed by atoms with E-state index in [1.807, 2.05) is 47.4 Å². The molecule has 30 heavy (non-hydrogen) atoms. The van der Waals surface area contributed by atoms with Crippen molar-refractivity contribution >= 4 is 11.6 Å². The molecule has 2 aliphatic heterocycles. The quantitative estimate of drug-likeness (QED) is 0.653. The number of nitrogens with one attached hydrogen (secondary N) is 1. The lowest BCUT2D eigenvalue weighted by Crippen LogP contribution is -2.51. The molecule has 4 heteroatoms. The predicted octanol–water partition coefficient (Wildman–Crippen LogP) is 6.16. The fourth-order valence-corrected chi connectivity index (χ4v) is 5.42. The van der Waals surface area contributed by atoms with E-state index in [0.717, 1.165) is 43.2 Å². The first kappa shape index (κ1) is 19.3. The van der Waals surface area contributed by atoms with Crippen LogP contribution in [0.3, 0.4) is 0 Å². The van der Waals surface area contributed by atoms with Crippen molar-refractivity contribution in [3.8, 4) is 11.1 Å². The van der Waals surface area contributed by atoms with Gasteiger partial charge in [-0.15, -0.1) is 0 Å². The van der Waals surface area contributed by atoms with Gasteiger partial charge in [-0.1, -0.05) is 67.8 Å². The zero-order valence-electron chi connectivity index (χ0n) is 17.3. The van der Waals surface area contributed by atoms with Gasteiger partial charge in [-0.25, -0.2) is 9.18 Å². The van der Waals surface area contributed by atoms with Gasteiger partial charge in [0.25, 0.3) is 0 Å². The Labute approximate surface area is 178 Å². The fourth-order valence-electron chi connectivity index (χ4n) is 5.42. The second kappa shape index (κ2) is 8.25. The maximum Gasteiger partial charge on any atom is 0.318 e. The molecule has 2 aromatic carbocycles. The Morgan fingerprint density at radius 3 is 2.47 bits per heavy atom. The maximum atomic E-state index is 14.9. The largest absolute Gasteiger partial charge is 0.335 e. The molecule has 1 N–H and O–H groups in total. The SMILES string of the molecule is O=C(NC1CCCCC1)N1C2C=C(c3ccc(-c4ccccc4)c(F)c3)CC1CC2. The number of nitrogens with zero attached hydrogens (tertiary/aromatic N) is 1. The van der Waals surface area contributed by atoms with E-state index in [-0.39, 0.29) is 23.9 Å². The molecule has 3 aliphatic rings. The van der Waals surface area contributed by atoms with Crippen molar-refractivity contribution in [3.05, 3.63) is 66.0 Å². The molecule has 2 atom stereocenters. The summed E-state index contributed by atoms with van der Waals surface area (Å²) in [6.07, 6.45) is 10.9. The van der Waals surface area contributed by atoms with Crippen LogP contribution < -0.4 is 5.32 Å². The first-order valence-electron chi connectivity index (χ1n) is 11.3. The van der Waals surface area contributed by atoms with Crippen LogP contribution in [0.1, 0.15) is 56.9 Å². The Bertz CT molecular complexity index is 949. The standard InChI is InChI=1S/C26H29FN2O/c27-25-17-19(11-14-24(25)18-7-3-1-4-8-18)20-15-22-12-13-23(16-20)29(22)26(30)28-21-9-5-2-6-10-21/h1,3-4,7-8,11,14-15,17,21-23H,2,5-6,9-10,12-13,16H2,(H,28,30). The first-order chi connectivity index (χ1) is 14.7. The minimum atomic E-state index is -0.190. The van der Waals surface area contributed by atoms with Crippen LogP contribution in [0.2, 0.25) is 0 Å². The highest BCUT2D eigenvalue weighted by molar-refractivity contribution is 5.79. The topological polar surface area (TPSA) is 32.3 Å². The molecule has 0 spiro atoms. The van der Waals surface area contributed by atoms with Crippen molar-refractivity contribution in [2.45, 2.75) is 69.5 Å². The fraction of sp³-hybridized carbons (Fsp3) is 0.423. The van der Waals surface area contributed by atoms with E-state index < -0.39 is 0 Å². The molecule has 2 heterocycles. The Hall–Kier alpha value is -2.62. The van der Waals surface area contributed by atoms with Gasteiger partial charge >= 0.3 is 6.03 Å². The maximum absolute atomic E-state index is 14.9. The van der Waals surface area contributed by atoms with E-state index in [9.17, 15) is 9.18 Å². The Morgan fingerprint density at radius 1 is 0.933 bits per heavy atom. The van der Waals surface area contributed by atoms with Gasteiger partial charge in [-0.05, 0) is 54.9 Å². The summed E-state index contributed by atoms with van der Waals surface area (Å²) < 4.78 is 14.9. The van der Waals surface area contributed by atoms with E-state index in [4.69, 9.17) is 0 Å². The molecule has 2 amide bonds. The molecule has 2 aromatic rings. The van der Waals surface area contributed by atoms with Crippen LogP contribution in [0, 0.1) is 5.82 Å². The molecule has 1 saturated carbocycles. The highest BCUT2D eigenvalue weighted by Gasteiger charge is 2.40. The summed E-state index contributed by atoms with van der Waals surface area (Å²) in [5.74, 6) is -0.190. The van der Waals surface area contributed by atoms with Crippen LogP contribution in [-0.2, 0) is 0 Å². The molecule has 0 radical (unpaired) electrons. The normalized spacial score (nSPS) is 23.9. The van der Waals surface area contributed by atoms with Crippen molar-refractivity contribution in [3.63, 3.8) is 0 Å². The number of rotatable bonds is 3. The van der Waals surface area contributed by atoms with Crippen molar-refractivity contribution in [2.75, 3.05) is 0 Å². The number of fused-ring (bicyclic) bond motifs is 2. The lowest BCUT2D eigenvalue weighted by Gasteiger charge is -2.36. The number of hydrogen-bond donors (Lipinski definition) is 1. The summed E-state index contributed by atoms with van der Waals surface area (Å²) in [5.41, 5.74) is 3.64. The average Bonchev–Trinajstić information content (AvgIpc) is 3.04. The smallest absolute Gasteiger partial charge is 0.318 e. The number of hydrogen-bond acceptors (Lipinski definition) is 1. The van der Waals surface area contributed by atoms with E-state index in [0.29, 0.717) is 11.6 Å². The predicted molar refractivity (Wildman–Crippen MR) is 118 cm³/mol. The van der Waals surface area contributed by atoms with Crippen molar-refractivity contribution in [1.29, 1.82) is 0 Å². The van der Waals surface area contributed by atoms with Crippen LogP contribution >= 0.6 is 0 Å². The number of halogens is 1. The molecular formula is C26H29FN2O. The minimum Gasteiger partial charge on any atom is -0.335 e. The van der Waals surface area contributed by atoms with Gasteiger partial charge in [0.05, 0.1) is 6.04 Å². The van der Waals surface area contributed by atoms with Gasteiger partial charge in [0, 0.05) is 17.6 Å². The molecule has 0 aromatic heterocycles.